The number of carboxylic acid groups (broad SMARTS) is 1. The lowest BCUT2D eigenvalue weighted by Gasteiger charge is -2.18. The van der Waals surface area contributed by atoms with Gasteiger partial charge in [-0.25, -0.2) is 4.79 Å². The van der Waals surface area contributed by atoms with Gasteiger partial charge in [0.15, 0.2) is 0 Å². The van der Waals surface area contributed by atoms with Crippen LogP contribution in [0.25, 0.3) is 11.0 Å². The first kappa shape index (κ1) is 16.1. The highest BCUT2D eigenvalue weighted by atomic mass is 16.5. The Kier molecular flexibility index (Phi) is 4.85. The van der Waals surface area contributed by atoms with E-state index in [4.69, 9.17) is 9.15 Å². The summed E-state index contributed by atoms with van der Waals surface area (Å²) >= 11 is 0. The molecule has 0 N–H and O–H groups in total. The monoisotopic (exact) mass is 303 g/mol. The summed E-state index contributed by atoms with van der Waals surface area (Å²) in [5.41, 5.74) is 1.64. The molecule has 0 aliphatic rings. The molecule has 0 saturated heterocycles. The highest BCUT2D eigenvalue weighted by Gasteiger charge is 2.15. The molecule has 0 aliphatic heterocycles. The molecule has 1 heterocycles. The van der Waals surface area contributed by atoms with Crippen LogP contribution >= 0.6 is 0 Å². The minimum Gasteiger partial charge on any atom is -0.546 e. The molecule has 1 atom stereocenters. The number of unbranched alkanes of at least 4 members (excludes halogenated alkanes) is 1. The number of aliphatic carboxylic acids is 1. The van der Waals surface area contributed by atoms with Gasteiger partial charge in [-0.2, -0.15) is 0 Å². The molecule has 0 spiro atoms. The average molecular weight is 303 g/mol. The number of carbonyl (C=O) groups is 1. The first-order valence-electron chi connectivity index (χ1n) is 7.37. The zero-order valence-corrected chi connectivity index (χ0v) is 13.0. The average Bonchev–Trinajstić information content (AvgIpc) is 2.43. The predicted molar refractivity (Wildman–Crippen MR) is 80.9 cm³/mol. The van der Waals surface area contributed by atoms with Gasteiger partial charge in [-0.05, 0) is 49.9 Å². The molecule has 1 aromatic carbocycles. The molecular formula is C17H19O5-. The van der Waals surface area contributed by atoms with E-state index in [2.05, 4.69) is 6.92 Å². The van der Waals surface area contributed by atoms with Gasteiger partial charge in [-0.1, -0.05) is 13.3 Å². The maximum absolute atomic E-state index is 11.7. The molecule has 0 aliphatic carbocycles. The number of aryl methyl sites for hydroxylation is 2. The second kappa shape index (κ2) is 6.64. The first-order chi connectivity index (χ1) is 10.4. The third kappa shape index (κ3) is 3.47. The number of fused-ring (bicyclic) bond motifs is 1. The number of benzene rings is 1. The first-order valence-corrected chi connectivity index (χ1v) is 7.37. The molecule has 0 fully saturated rings. The molecule has 22 heavy (non-hydrogen) atoms. The largest absolute Gasteiger partial charge is 0.546 e. The molecule has 0 radical (unpaired) electrons. The Morgan fingerprint density at radius 3 is 2.73 bits per heavy atom. The van der Waals surface area contributed by atoms with Crippen LogP contribution in [0, 0.1) is 6.92 Å². The van der Waals surface area contributed by atoms with Crippen LogP contribution in [-0.4, -0.2) is 12.1 Å². The zero-order valence-electron chi connectivity index (χ0n) is 13.0. The van der Waals surface area contributed by atoms with E-state index in [1.165, 1.54) is 13.0 Å². The Morgan fingerprint density at radius 1 is 1.36 bits per heavy atom. The second-order valence-corrected chi connectivity index (χ2v) is 5.41. The summed E-state index contributed by atoms with van der Waals surface area (Å²) in [5, 5.41) is 11.6. The van der Waals surface area contributed by atoms with Crippen molar-refractivity contribution in [3.8, 4) is 5.75 Å². The Bertz CT molecular complexity index is 745. The van der Waals surface area contributed by atoms with E-state index in [1.807, 2.05) is 6.92 Å². The lowest BCUT2D eigenvalue weighted by atomic mass is 10.0. The topological polar surface area (TPSA) is 79.6 Å². The summed E-state index contributed by atoms with van der Waals surface area (Å²) in [6, 6.07) is 4.95. The van der Waals surface area contributed by atoms with E-state index in [-0.39, 0.29) is 0 Å². The van der Waals surface area contributed by atoms with E-state index in [0.29, 0.717) is 23.1 Å². The van der Waals surface area contributed by atoms with Gasteiger partial charge < -0.3 is 19.1 Å². The highest BCUT2D eigenvalue weighted by Crippen LogP contribution is 2.31. The van der Waals surface area contributed by atoms with Crippen molar-refractivity contribution < 1.29 is 19.1 Å². The van der Waals surface area contributed by atoms with Crippen LogP contribution in [-0.2, 0) is 11.2 Å². The molecule has 0 bridgehead atoms. The van der Waals surface area contributed by atoms with Crippen molar-refractivity contribution in [1.82, 2.24) is 0 Å². The van der Waals surface area contributed by atoms with Gasteiger partial charge in [0.25, 0.3) is 0 Å². The van der Waals surface area contributed by atoms with Crippen LogP contribution in [0.15, 0.2) is 27.4 Å². The number of hydrogen-bond donors (Lipinski definition) is 0. The summed E-state index contributed by atoms with van der Waals surface area (Å²) in [4.78, 5) is 22.6. The fourth-order valence-corrected chi connectivity index (χ4v) is 2.37. The summed E-state index contributed by atoms with van der Waals surface area (Å²) in [5.74, 6) is -0.885. The molecule has 2 aromatic rings. The molecule has 5 nitrogen and oxygen atoms in total. The molecule has 1 aromatic heterocycles. The van der Waals surface area contributed by atoms with Crippen molar-refractivity contribution in [2.75, 3.05) is 0 Å². The second-order valence-electron chi connectivity index (χ2n) is 5.41. The quantitative estimate of drug-likeness (QED) is 0.762. The standard InChI is InChI=1S/C17H20O5/c1-4-5-6-12-9-15(18)22-14-8-10(2)7-13(16(12)14)21-11(3)17(19)20/h7-9,11H,4-6H2,1-3H3,(H,19,20)/p-1/t11-/m1/s1. The Balaban J connectivity index is 2.62. The van der Waals surface area contributed by atoms with Gasteiger partial charge in [-0.15, -0.1) is 0 Å². The van der Waals surface area contributed by atoms with Crippen LogP contribution in [0.1, 0.15) is 37.8 Å². The van der Waals surface area contributed by atoms with Gasteiger partial charge in [0, 0.05) is 6.07 Å². The summed E-state index contributed by atoms with van der Waals surface area (Å²) in [6.07, 6.45) is 1.52. The van der Waals surface area contributed by atoms with Crippen LogP contribution in [0.3, 0.4) is 0 Å². The van der Waals surface area contributed by atoms with Crippen LogP contribution in [0.4, 0.5) is 0 Å². The van der Waals surface area contributed by atoms with Crippen molar-refractivity contribution in [1.29, 1.82) is 0 Å². The summed E-state index contributed by atoms with van der Waals surface area (Å²) in [7, 11) is 0. The highest BCUT2D eigenvalue weighted by molar-refractivity contribution is 5.88. The van der Waals surface area contributed by atoms with Crippen molar-refractivity contribution in [2.24, 2.45) is 0 Å². The number of carboxylic acids is 1. The number of ether oxygens (including phenoxy) is 1. The molecule has 0 saturated carbocycles. The SMILES string of the molecule is CCCCc1cc(=O)oc2cc(C)cc(O[C@H](C)C(=O)[O-])c12. The van der Waals surface area contributed by atoms with Crippen molar-refractivity contribution in [2.45, 2.75) is 46.1 Å². The van der Waals surface area contributed by atoms with E-state index in [1.54, 1.807) is 12.1 Å². The molecule has 0 amide bonds. The summed E-state index contributed by atoms with van der Waals surface area (Å²) < 4.78 is 10.8. The number of carbonyl (C=O) groups excluding carboxylic acids is 1. The maximum atomic E-state index is 11.7. The Hall–Kier alpha value is -2.30. The van der Waals surface area contributed by atoms with E-state index in [9.17, 15) is 14.7 Å². The van der Waals surface area contributed by atoms with E-state index in [0.717, 1.165) is 24.0 Å². The minimum absolute atomic E-state index is 0.404. The van der Waals surface area contributed by atoms with Gasteiger partial charge in [-0.3, -0.25) is 0 Å². The van der Waals surface area contributed by atoms with Crippen LogP contribution < -0.4 is 15.5 Å². The van der Waals surface area contributed by atoms with E-state index < -0.39 is 17.7 Å². The zero-order chi connectivity index (χ0) is 16.3. The molecular weight excluding hydrogens is 284 g/mol. The lowest BCUT2D eigenvalue weighted by molar-refractivity contribution is -0.312. The molecule has 2 rings (SSSR count). The fraction of sp³-hybridized carbons (Fsp3) is 0.412. The summed E-state index contributed by atoms with van der Waals surface area (Å²) in [6.45, 7) is 5.30. The number of hydrogen-bond acceptors (Lipinski definition) is 5. The van der Waals surface area contributed by atoms with Crippen molar-refractivity contribution in [3.63, 3.8) is 0 Å². The fourth-order valence-electron chi connectivity index (χ4n) is 2.37. The molecule has 0 unspecified atom stereocenters. The van der Waals surface area contributed by atoms with Gasteiger partial charge in [0.05, 0.1) is 11.4 Å². The van der Waals surface area contributed by atoms with Crippen molar-refractivity contribution >= 4 is 16.9 Å². The third-order valence-electron chi connectivity index (χ3n) is 3.47. The van der Waals surface area contributed by atoms with Crippen LogP contribution in [0.2, 0.25) is 0 Å². The normalized spacial score (nSPS) is 12.3. The number of rotatable bonds is 6. The minimum atomic E-state index is -1.29. The Labute approximate surface area is 128 Å². The molecule has 118 valence electrons. The maximum Gasteiger partial charge on any atom is 0.336 e. The van der Waals surface area contributed by atoms with Crippen LogP contribution in [0.5, 0.6) is 5.75 Å². The predicted octanol–water partition coefficient (Wildman–Crippen LogP) is 1.96. The van der Waals surface area contributed by atoms with Gasteiger partial charge >= 0.3 is 5.63 Å². The molecule has 5 heteroatoms. The Morgan fingerprint density at radius 2 is 2.09 bits per heavy atom. The van der Waals surface area contributed by atoms with E-state index >= 15 is 0 Å². The van der Waals surface area contributed by atoms with Gasteiger partial charge in [0.1, 0.15) is 17.4 Å². The smallest absolute Gasteiger partial charge is 0.336 e. The lowest BCUT2D eigenvalue weighted by Crippen LogP contribution is -2.37. The van der Waals surface area contributed by atoms with Crippen molar-refractivity contribution in [3.05, 3.63) is 39.7 Å². The third-order valence-corrected chi connectivity index (χ3v) is 3.47. The van der Waals surface area contributed by atoms with Gasteiger partial charge in [0.2, 0.25) is 0 Å².